The van der Waals surface area contributed by atoms with Crippen LogP contribution in [-0.4, -0.2) is 10.7 Å². The van der Waals surface area contributed by atoms with Gasteiger partial charge in [-0.1, -0.05) is 54.1 Å². The molecule has 0 aliphatic carbocycles. The molecule has 1 aliphatic rings. The van der Waals surface area contributed by atoms with Gasteiger partial charge in [0.15, 0.2) is 0 Å². The molecular weight excluding hydrogens is 338 g/mol. The fourth-order valence-electron chi connectivity index (χ4n) is 2.89. The first-order chi connectivity index (χ1) is 11.7. The fourth-order valence-corrected chi connectivity index (χ4v) is 3.85. The number of thiazole rings is 1. The number of hydrogen-bond acceptors (Lipinski definition) is 4. The van der Waals surface area contributed by atoms with E-state index in [1.54, 1.807) is 11.3 Å². The molecule has 0 unspecified atom stereocenters. The second kappa shape index (κ2) is 6.38. The van der Waals surface area contributed by atoms with Gasteiger partial charge in [0.1, 0.15) is 0 Å². The summed E-state index contributed by atoms with van der Waals surface area (Å²) in [4.78, 5) is 4.80. The summed E-state index contributed by atoms with van der Waals surface area (Å²) < 4.78 is 0. The lowest BCUT2D eigenvalue weighted by Crippen LogP contribution is -2.18. The molecule has 0 bridgehead atoms. The SMILES string of the molecule is CC1=NN(c2nc(-c3ccc(Cl)cc3)cs2)[C@@H](c2ccccc2)C1. The largest absolute Gasteiger partial charge is 0.231 e. The smallest absolute Gasteiger partial charge is 0.207 e. The average molecular weight is 354 g/mol. The van der Waals surface area contributed by atoms with Crippen molar-refractivity contribution in [3.63, 3.8) is 0 Å². The average Bonchev–Trinajstić information content (AvgIpc) is 3.23. The molecule has 1 atom stereocenters. The van der Waals surface area contributed by atoms with Crippen molar-refractivity contribution in [3.05, 3.63) is 70.6 Å². The van der Waals surface area contributed by atoms with Crippen molar-refractivity contribution in [1.82, 2.24) is 4.98 Å². The molecule has 4 rings (SSSR count). The molecule has 1 aromatic heterocycles. The number of halogens is 1. The van der Waals surface area contributed by atoms with Crippen LogP contribution in [0.3, 0.4) is 0 Å². The van der Waals surface area contributed by atoms with Crippen molar-refractivity contribution in [3.8, 4) is 11.3 Å². The Bertz CT molecular complexity index is 871. The van der Waals surface area contributed by atoms with Crippen molar-refractivity contribution in [2.75, 3.05) is 5.01 Å². The number of rotatable bonds is 3. The second-order valence-electron chi connectivity index (χ2n) is 5.83. The summed E-state index contributed by atoms with van der Waals surface area (Å²) in [5.74, 6) is 0. The Morgan fingerprint density at radius 3 is 2.58 bits per heavy atom. The normalized spacial score (nSPS) is 17.2. The molecule has 0 saturated carbocycles. The zero-order valence-corrected chi connectivity index (χ0v) is 14.8. The quantitative estimate of drug-likeness (QED) is 0.596. The first-order valence-corrected chi connectivity index (χ1v) is 9.06. The lowest BCUT2D eigenvalue weighted by Gasteiger charge is -2.21. The minimum Gasteiger partial charge on any atom is -0.231 e. The van der Waals surface area contributed by atoms with E-state index in [1.807, 2.05) is 30.3 Å². The van der Waals surface area contributed by atoms with Crippen LogP contribution in [0.2, 0.25) is 5.02 Å². The molecule has 3 nitrogen and oxygen atoms in total. The highest BCUT2D eigenvalue weighted by Crippen LogP contribution is 2.38. The summed E-state index contributed by atoms with van der Waals surface area (Å²) in [7, 11) is 0. The maximum absolute atomic E-state index is 5.97. The molecule has 0 saturated heterocycles. The highest BCUT2D eigenvalue weighted by molar-refractivity contribution is 7.14. The van der Waals surface area contributed by atoms with Crippen molar-refractivity contribution < 1.29 is 0 Å². The Kier molecular flexibility index (Phi) is 4.08. The summed E-state index contributed by atoms with van der Waals surface area (Å²) in [6.45, 7) is 2.07. The predicted molar refractivity (Wildman–Crippen MR) is 102 cm³/mol. The van der Waals surface area contributed by atoms with Crippen LogP contribution in [0.4, 0.5) is 5.13 Å². The van der Waals surface area contributed by atoms with Gasteiger partial charge in [0.05, 0.1) is 11.7 Å². The Morgan fingerprint density at radius 1 is 1.08 bits per heavy atom. The maximum Gasteiger partial charge on any atom is 0.207 e. The summed E-state index contributed by atoms with van der Waals surface area (Å²) in [5, 5.41) is 10.5. The minimum absolute atomic E-state index is 0.218. The van der Waals surface area contributed by atoms with Gasteiger partial charge >= 0.3 is 0 Å². The third-order valence-corrected chi connectivity index (χ3v) is 5.16. The first kappa shape index (κ1) is 15.4. The number of hydrazone groups is 1. The number of anilines is 1. The Labute approximate surface area is 150 Å². The first-order valence-electron chi connectivity index (χ1n) is 7.80. The monoisotopic (exact) mass is 353 g/mol. The van der Waals surface area contributed by atoms with E-state index in [1.165, 1.54) is 5.56 Å². The predicted octanol–water partition coefficient (Wildman–Crippen LogP) is 5.79. The van der Waals surface area contributed by atoms with E-state index < -0.39 is 0 Å². The lowest BCUT2D eigenvalue weighted by atomic mass is 10.0. The van der Waals surface area contributed by atoms with Crippen LogP contribution in [-0.2, 0) is 0 Å². The molecule has 5 heteroatoms. The molecule has 0 spiro atoms. The second-order valence-corrected chi connectivity index (χ2v) is 7.11. The number of benzene rings is 2. The number of aromatic nitrogens is 1. The van der Waals surface area contributed by atoms with Gasteiger partial charge in [0.25, 0.3) is 0 Å². The van der Waals surface area contributed by atoms with Crippen LogP contribution in [0.25, 0.3) is 11.3 Å². The molecule has 2 aromatic carbocycles. The number of nitrogens with zero attached hydrogens (tertiary/aromatic N) is 3. The van der Waals surface area contributed by atoms with Gasteiger partial charge in [-0.25, -0.2) is 9.99 Å². The van der Waals surface area contributed by atoms with E-state index in [0.29, 0.717) is 0 Å². The van der Waals surface area contributed by atoms with E-state index in [4.69, 9.17) is 21.7 Å². The molecule has 0 N–H and O–H groups in total. The molecule has 120 valence electrons. The van der Waals surface area contributed by atoms with Crippen LogP contribution >= 0.6 is 22.9 Å². The molecule has 0 amide bonds. The van der Waals surface area contributed by atoms with Crippen molar-refractivity contribution in [1.29, 1.82) is 0 Å². The standard InChI is InChI=1S/C19H16ClN3S/c1-13-11-18(15-5-3-2-4-6-15)23(22-13)19-21-17(12-24-19)14-7-9-16(20)10-8-14/h2-10,12,18H,11H2,1H3/t18-/m1/s1. The van der Waals surface area contributed by atoms with Gasteiger partial charge in [0, 0.05) is 28.1 Å². The van der Waals surface area contributed by atoms with Crippen molar-refractivity contribution in [2.45, 2.75) is 19.4 Å². The zero-order valence-electron chi connectivity index (χ0n) is 13.2. The van der Waals surface area contributed by atoms with Gasteiger partial charge in [-0.3, -0.25) is 0 Å². The minimum atomic E-state index is 0.218. The van der Waals surface area contributed by atoms with Crippen molar-refractivity contribution >= 4 is 33.8 Å². The molecule has 1 aliphatic heterocycles. The molecule has 24 heavy (non-hydrogen) atoms. The van der Waals surface area contributed by atoms with Gasteiger partial charge in [-0.05, 0) is 24.6 Å². The fraction of sp³-hybridized carbons (Fsp3) is 0.158. The zero-order chi connectivity index (χ0) is 16.5. The third kappa shape index (κ3) is 2.95. The van der Waals surface area contributed by atoms with E-state index in [9.17, 15) is 0 Å². The maximum atomic E-state index is 5.97. The van der Waals surface area contributed by atoms with E-state index in [0.717, 1.165) is 33.5 Å². The Hall–Kier alpha value is -2.17. The van der Waals surface area contributed by atoms with Gasteiger partial charge in [0.2, 0.25) is 5.13 Å². The van der Waals surface area contributed by atoms with Crippen LogP contribution in [0.15, 0.2) is 65.1 Å². The van der Waals surface area contributed by atoms with E-state index in [-0.39, 0.29) is 6.04 Å². The summed E-state index contributed by atoms with van der Waals surface area (Å²) >= 11 is 7.59. The Morgan fingerprint density at radius 2 is 1.83 bits per heavy atom. The van der Waals surface area contributed by atoms with Gasteiger partial charge in [-0.15, -0.1) is 11.3 Å². The highest BCUT2D eigenvalue weighted by Gasteiger charge is 2.29. The van der Waals surface area contributed by atoms with E-state index >= 15 is 0 Å². The van der Waals surface area contributed by atoms with Crippen LogP contribution < -0.4 is 5.01 Å². The van der Waals surface area contributed by atoms with Gasteiger partial charge < -0.3 is 0 Å². The summed E-state index contributed by atoms with van der Waals surface area (Å²) in [6, 6.07) is 18.5. The van der Waals surface area contributed by atoms with Crippen molar-refractivity contribution in [2.24, 2.45) is 5.10 Å². The third-order valence-electron chi connectivity index (χ3n) is 4.07. The summed E-state index contributed by atoms with van der Waals surface area (Å²) in [6.07, 6.45) is 0.930. The van der Waals surface area contributed by atoms with Gasteiger partial charge in [-0.2, -0.15) is 5.10 Å². The number of hydrogen-bond donors (Lipinski definition) is 0. The molecule has 2 heterocycles. The van der Waals surface area contributed by atoms with E-state index in [2.05, 4.69) is 41.6 Å². The van der Waals surface area contributed by atoms with Crippen LogP contribution in [0.1, 0.15) is 24.9 Å². The summed E-state index contributed by atoms with van der Waals surface area (Å²) in [5.41, 5.74) is 4.42. The molecule has 0 radical (unpaired) electrons. The highest BCUT2D eigenvalue weighted by atomic mass is 35.5. The Balaban J connectivity index is 1.66. The molecular formula is C19H16ClN3S. The topological polar surface area (TPSA) is 28.5 Å². The molecule has 0 fully saturated rings. The van der Waals surface area contributed by atoms with Crippen LogP contribution in [0, 0.1) is 0 Å². The van der Waals surface area contributed by atoms with Crippen LogP contribution in [0.5, 0.6) is 0 Å². The molecule has 3 aromatic rings. The lowest BCUT2D eigenvalue weighted by molar-refractivity contribution is 0.706.